The Labute approximate surface area is 424 Å². The number of amides is 1. The molecule has 0 spiro atoms. The molecule has 0 bridgehead atoms. The van der Waals surface area contributed by atoms with Crippen molar-refractivity contribution in [2.45, 2.75) is 296 Å². The summed E-state index contributed by atoms with van der Waals surface area (Å²) in [6.45, 7) is 4.21. The Morgan fingerprint density at radius 2 is 0.647 bits per heavy atom. The van der Waals surface area contributed by atoms with Crippen LogP contribution in [0.25, 0.3) is 0 Å². The predicted molar refractivity (Wildman–Crippen MR) is 303 cm³/mol. The van der Waals surface area contributed by atoms with Crippen molar-refractivity contribution in [1.29, 1.82) is 0 Å². The van der Waals surface area contributed by atoms with Crippen LogP contribution in [0.1, 0.15) is 284 Å². The molecule has 0 fully saturated rings. The minimum atomic E-state index is -0.844. The van der Waals surface area contributed by atoms with Gasteiger partial charge in [0.05, 0.1) is 18.8 Å². The molecule has 0 aliphatic heterocycles. The summed E-state index contributed by atoms with van der Waals surface area (Å²) < 4.78 is 0. The lowest BCUT2D eigenvalue weighted by atomic mass is 10.0. The molecule has 0 saturated carbocycles. The molecular formula is C64H113NO3. The number of aliphatic hydroxyl groups excluding tert-OH is 2. The minimum absolute atomic E-state index is 0.0646. The van der Waals surface area contributed by atoms with Crippen molar-refractivity contribution in [1.82, 2.24) is 5.32 Å². The highest BCUT2D eigenvalue weighted by Crippen LogP contribution is 2.16. The summed E-state index contributed by atoms with van der Waals surface area (Å²) >= 11 is 0. The SMILES string of the molecule is CC/C=C\C/C=C\C/C=C\C/C=C\C/C=C\C/C=C\C/C=C\CCCCCCCCCCCCCCCCCC(=O)NC(CO)C(O)/C=C/CCCCCCCCCCCCCCCCCCC. The van der Waals surface area contributed by atoms with Gasteiger partial charge in [0.25, 0.3) is 0 Å². The number of unbranched alkanes of at least 4 members (excludes halogenated alkanes) is 32. The molecule has 4 heteroatoms. The first-order valence-corrected chi connectivity index (χ1v) is 29.5. The third-order valence-electron chi connectivity index (χ3n) is 13.1. The molecule has 0 aliphatic carbocycles. The van der Waals surface area contributed by atoms with E-state index in [1.54, 1.807) is 6.08 Å². The molecule has 0 radical (unpaired) electrons. The highest BCUT2D eigenvalue weighted by atomic mass is 16.3. The van der Waals surface area contributed by atoms with E-state index in [0.29, 0.717) is 6.42 Å². The number of carbonyl (C=O) groups is 1. The number of rotatable bonds is 53. The van der Waals surface area contributed by atoms with E-state index in [4.69, 9.17) is 0 Å². The van der Waals surface area contributed by atoms with Gasteiger partial charge in [-0.15, -0.1) is 0 Å². The first kappa shape index (κ1) is 65.3. The molecule has 3 N–H and O–H groups in total. The Kier molecular flexibility index (Phi) is 56.3. The van der Waals surface area contributed by atoms with Crippen LogP contribution in [0.3, 0.4) is 0 Å². The van der Waals surface area contributed by atoms with E-state index in [1.807, 2.05) is 6.08 Å². The lowest BCUT2D eigenvalue weighted by Gasteiger charge is -2.20. The average molecular weight is 945 g/mol. The number of hydrogen-bond donors (Lipinski definition) is 3. The predicted octanol–water partition coefficient (Wildman–Crippen LogP) is 19.7. The lowest BCUT2D eigenvalue weighted by molar-refractivity contribution is -0.123. The van der Waals surface area contributed by atoms with Gasteiger partial charge < -0.3 is 15.5 Å². The summed E-state index contributed by atoms with van der Waals surface area (Å²) in [6, 6.07) is -0.627. The summed E-state index contributed by atoms with van der Waals surface area (Å²) in [5.74, 6) is -0.0646. The van der Waals surface area contributed by atoms with Crippen molar-refractivity contribution < 1.29 is 15.0 Å². The summed E-state index contributed by atoms with van der Waals surface area (Å²) in [6.07, 6.45) is 87.1. The molecule has 2 unspecified atom stereocenters. The van der Waals surface area contributed by atoms with Gasteiger partial charge in [0.2, 0.25) is 5.91 Å². The van der Waals surface area contributed by atoms with E-state index in [0.717, 1.165) is 70.6 Å². The second-order valence-electron chi connectivity index (χ2n) is 19.7. The van der Waals surface area contributed by atoms with Crippen LogP contribution in [0.2, 0.25) is 0 Å². The van der Waals surface area contributed by atoms with Gasteiger partial charge in [-0.25, -0.2) is 0 Å². The molecule has 4 nitrogen and oxygen atoms in total. The maximum absolute atomic E-state index is 12.5. The zero-order valence-electron chi connectivity index (χ0n) is 45.1. The van der Waals surface area contributed by atoms with Gasteiger partial charge in [0, 0.05) is 6.42 Å². The van der Waals surface area contributed by atoms with Crippen LogP contribution in [-0.2, 0) is 4.79 Å². The van der Waals surface area contributed by atoms with Crippen LogP contribution in [0.4, 0.5) is 0 Å². The van der Waals surface area contributed by atoms with Crippen molar-refractivity contribution >= 4 is 5.91 Å². The molecular weight excluding hydrogens is 831 g/mol. The summed E-state index contributed by atoms with van der Waals surface area (Å²) in [5.41, 5.74) is 0. The fraction of sp³-hybridized carbons (Fsp3) is 0.734. The first-order valence-electron chi connectivity index (χ1n) is 29.5. The molecule has 0 aromatic rings. The molecule has 1 amide bonds. The van der Waals surface area contributed by atoms with E-state index in [-0.39, 0.29) is 12.5 Å². The van der Waals surface area contributed by atoms with Crippen molar-refractivity contribution in [2.24, 2.45) is 0 Å². The maximum Gasteiger partial charge on any atom is 0.220 e. The minimum Gasteiger partial charge on any atom is -0.394 e. The van der Waals surface area contributed by atoms with Gasteiger partial charge in [-0.1, -0.05) is 297 Å². The van der Waals surface area contributed by atoms with Crippen molar-refractivity contribution in [3.63, 3.8) is 0 Å². The third kappa shape index (κ3) is 54.3. The quantitative estimate of drug-likeness (QED) is 0.0420. The molecule has 0 aromatic carbocycles. The van der Waals surface area contributed by atoms with Gasteiger partial charge in [-0.3, -0.25) is 4.79 Å². The number of nitrogens with one attached hydrogen (secondary N) is 1. The van der Waals surface area contributed by atoms with E-state index in [9.17, 15) is 15.0 Å². The number of aliphatic hydroxyl groups is 2. The Morgan fingerprint density at radius 3 is 0.971 bits per heavy atom. The van der Waals surface area contributed by atoms with Gasteiger partial charge in [-0.05, 0) is 77.0 Å². The molecule has 392 valence electrons. The van der Waals surface area contributed by atoms with Crippen LogP contribution >= 0.6 is 0 Å². The van der Waals surface area contributed by atoms with Crippen molar-refractivity contribution in [3.05, 3.63) is 97.2 Å². The highest BCUT2D eigenvalue weighted by molar-refractivity contribution is 5.76. The van der Waals surface area contributed by atoms with Gasteiger partial charge >= 0.3 is 0 Å². The lowest BCUT2D eigenvalue weighted by Crippen LogP contribution is -2.45. The van der Waals surface area contributed by atoms with Gasteiger partial charge in [0.1, 0.15) is 0 Å². The Bertz CT molecular complexity index is 1250. The Morgan fingerprint density at radius 1 is 0.368 bits per heavy atom. The number of allylic oxidation sites excluding steroid dienone is 15. The number of hydrogen-bond acceptors (Lipinski definition) is 3. The van der Waals surface area contributed by atoms with Crippen LogP contribution in [0.5, 0.6) is 0 Å². The van der Waals surface area contributed by atoms with Crippen LogP contribution in [-0.4, -0.2) is 34.9 Å². The monoisotopic (exact) mass is 944 g/mol. The fourth-order valence-electron chi connectivity index (χ4n) is 8.63. The Balaban J connectivity index is 3.52. The molecule has 0 heterocycles. The molecule has 0 aliphatic rings. The zero-order chi connectivity index (χ0) is 49.2. The second kappa shape index (κ2) is 58.6. The maximum atomic E-state index is 12.5. The molecule has 0 saturated heterocycles. The fourth-order valence-corrected chi connectivity index (χ4v) is 8.63. The normalized spacial score (nSPS) is 13.5. The summed E-state index contributed by atoms with van der Waals surface area (Å²) in [4.78, 5) is 12.5. The summed E-state index contributed by atoms with van der Waals surface area (Å²) in [5, 5.41) is 23.2. The first-order chi connectivity index (χ1) is 33.7. The molecule has 2 atom stereocenters. The smallest absolute Gasteiger partial charge is 0.220 e. The Hall–Kier alpha value is -2.69. The molecule has 0 rings (SSSR count). The van der Waals surface area contributed by atoms with Crippen LogP contribution in [0.15, 0.2) is 97.2 Å². The average Bonchev–Trinajstić information content (AvgIpc) is 3.34. The molecule has 68 heavy (non-hydrogen) atoms. The van der Waals surface area contributed by atoms with Crippen molar-refractivity contribution in [3.8, 4) is 0 Å². The topological polar surface area (TPSA) is 69.6 Å². The molecule has 0 aromatic heterocycles. The van der Waals surface area contributed by atoms with Gasteiger partial charge in [0.15, 0.2) is 0 Å². The third-order valence-corrected chi connectivity index (χ3v) is 13.1. The van der Waals surface area contributed by atoms with E-state index in [1.165, 1.54) is 193 Å². The highest BCUT2D eigenvalue weighted by Gasteiger charge is 2.18. The van der Waals surface area contributed by atoms with E-state index in [2.05, 4.69) is 104 Å². The van der Waals surface area contributed by atoms with E-state index < -0.39 is 12.1 Å². The van der Waals surface area contributed by atoms with Crippen molar-refractivity contribution in [2.75, 3.05) is 6.61 Å². The number of carbonyl (C=O) groups excluding carboxylic acids is 1. The van der Waals surface area contributed by atoms with Crippen LogP contribution in [0, 0.1) is 0 Å². The zero-order valence-corrected chi connectivity index (χ0v) is 45.1. The summed E-state index contributed by atoms with van der Waals surface area (Å²) in [7, 11) is 0. The second-order valence-corrected chi connectivity index (χ2v) is 19.7. The van der Waals surface area contributed by atoms with Gasteiger partial charge in [-0.2, -0.15) is 0 Å². The largest absolute Gasteiger partial charge is 0.394 e. The standard InChI is InChI=1S/C64H113NO3/c1-3-5-7-9-11-13-15-17-19-21-23-24-25-26-27-28-29-30-31-32-33-34-35-36-37-38-39-40-42-44-46-48-50-52-54-56-58-60-64(68)65-62(61-66)63(67)59-57-55-53-51-49-47-45-43-41-22-20-18-16-14-12-10-8-6-4-2/h5,7,11,13,17,19,23-24,26-27,29-30,32-33,57,59,62-63,66-67H,3-4,6,8-10,12,14-16,18,20-22,25,28,31,34-56,58,60-61H2,1-2H3,(H,65,68)/b7-5-,13-11-,19-17-,24-23-,27-26-,30-29-,33-32-,59-57+. The van der Waals surface area contributed by atoms with Crippen LogP contribution < -0.4 is 5.32 Å². The van der Waals surface area contributed by atoms with E-state index >= 15 is 0 Å².